The summed E-state index contributed by atoms with van der Waals surface area (Å²) in [6.45, 7) is 2.65. The first kappa shape index (κ1) is 17.1. The Bertz CT molecular complexity index is 878. The van der Waals surface area contributed by atoms with Crippen molar-refractivity contribution < 1.29 is 22.7 Å². The fourth-order valence-electron chi connectivity index (χ4n) is 2.30. The smallest absolute Gasteiger partial charge is 0.261 e. The monoisotopic (exact) mass is 362 g/mol. The number of ether oxygens (including phenoxy) is 2. The number of carbonyl (C=O) groups excluding carboxylic acids is 1. The van der Waals surface area contributed by atoms with Gasteiger partial charge in [0.2, 0.25) is 6.79 Å². The fourth-order valence-corrected chi connectivity index (χ4v) is 3.35. The van der Waals surface area contributed by atoms with Gasteiger partial charge in [0.25, 0.3) is 15.9 Å². The molecule has 0 fully saturated rings. The van der Waals surface area contributed by atoms with Crippen LogP contribution >= 0.6 is 0 Å². The topological polar surface area (TPSA) is 93.7 Å². The maximum Gasteiger partial charge on any atom is 0.261 e. The Morgan fingerprint density at radius 3 is 2.52 bits per heavy atom. The van der Waals surface area contributed by atoms with E-state index < -0.39 is 10.0 Å². The number of anilines is 1. The van der Waals surface area contributed by atoms with Gasteiger partial charge in [-0.25, -0.2) is 8.42 Å². The van der Waals surface area contributed by atoms with E-state index in [1.54, 1.807) is 18.2 Å². The molecular weight excluding hydrogens is 344 g/mol. The second kappa shape index (κ2) is 7.02. The molecule has 2 N–H and O–H groups in total. The third-order valence-corrected chi connectivity index (χ3v) is 4.98. The molecule has 0 aromatic heterocycles. The highest BCUT2D eigenvalue weighted by Crippen LogP contribution is 2.34. The fraction of sp³-hybridized carbons (Fsp3) is 0.235. The van der Waals surface area contributed by atoms with Crippen LogP contribution in [0.5, 0.6) is 11.5 Å². The van der Waals surface area contributed by atoms with E-state index in [0.717, 1.165) is 6.42 Å². The number of hydrogen-bond donors (Lipinski definition) is 2. The van der Waals surface area contributed by atoms with Gasteiger partial charge in [-0.2, -0.15) is 0 Å². The summed E-state index contributed by atoms with van der Waals surface area (Å²) >= 11 is 0. The van der Waals surface area contributed by atoms with Crippen LogP contribution in [0.3, 0.4) is 0 Å². The molecule has 2 aromatic rings. The minimum absolute atomic E-state index is 0.0669. The second-order valence-electron chi connectivity index (χ2n) is 5.45. The number of nitrogens with one attached hydrogen (secondary N) is 2. The summed E-state index contributed by atoms with van der Waals surface area (Å²) in [7, 11) is -3.77. The molecule has 0 bridgehead atoms. The van der Waals surface area contributed by atoms with Crippen LogP contribution in [0.1, 0.15) is 23.7 Å². The van der Waals surface area contributed by atoms with Crippen LogP contribution in [0.25, 0.3) is 0 Å². The molecule has 0 atom stereocenters. The first-order valence-corrected chi connectivity index (χ1v) is 9.28. The number of amides is 1. The van der Waals surface area contributed by atoms with E-state index in [-0.39, 0.29) is 17.6 Å². The van der Waals surface area contributed by atoms with Gasteiger partial charge >= 0.3 is 0 Å². The van der Waals surface area contributed by atoms with Gasteiger partial charge in [0, 0.05) is 18.2 Å². The summed E-state index contributed by atoms with van der Waals surface area (Å²) in [5, 5.41) is 2.74. The van der Waals surface area contributed by atoms with Crippen LogP contribution < -0.4 is 19.5 Å². The van der Waals surface area contributed by atoms with Gasteiger partial charge in [0.1, 0.15) is 0 Å². The molecule has 0 saturated heterocycles. The zero-order chi connectivity index (χ0) is 17.9. The summed E-state index contributed by atoms with van der Waals surface area (Å²) in [5.74, 6) is 0.836. The van der Waals surface area contributed by atoms with Crippen molar-refractivity contribution in [3.05, 3.63) is 48.0 Å². The average molecular weight is 362 g/mol. The third-order valence-electron chi connectivity index (χ3n) is 3.59. The lowest BCUT2D eigenvalue weighted by atomic mass is 10.2. The third kappa shape index (κ3) is 3.85. The van der Waals surface area contributed by atoms with E-state index in [0.29, 0.717) is 29.3 Å². The lowest BCUT2D eigenvalue weighted by Crippen LogP contribution is -2.24. The molecule has 0 spiro atoms. The van der Waals surface area contributed by atoms with Crippen molar-refractivity contribution in [2.24, 2.45) is 0 Å². The number of hydrogen-bond acceptors (Lipinski definition) is 5. The van der Waals surface area contributed by atoms with Crippen LogP contribution in [-0.2, 0) is 10.0 Å². The molecule has 3 rings (SSSR count). The Balaban J connectivity index is 1.75. The van der Waals surface area contributed by atoms with Crippen molar-refractivity contribution in [3.63, 3.8) is 0 Å². The van der Waals surface area contributed by atoms with Gasteiger partial charge in [0.05, 0.1) is 10.6 Å². The Hall–Kier alpha value is -2.74. The highest BCUT2D eigenvalue weighted by molar-refractivity contribution is 7.92. The van der Waals surface area contributed by atoms with Gasteiger partial charge in [-0.3, -0.25) is 9.52 Å². The van der Waals surface area contributed by atoms with Crippen LogP contribution in [0, 0.1) is 0 Å². The molecule has 1 amide bonds. The zero-order valence-electron chi connectivity index (χ0n) is 13.6. The van der Waals surface area contributed by atoms with E-state index in [9.17, 15) is 13.2 Å². The number of carbonyl (C=O) groups is 1. The minimum atomic E-state index is -3.77. The number of benzene rings is 2. The Labute approximate surface area is 146 Å². The summed E-state index contributed by atoms with van der Waals surface area (Å²) in [6.07, 6.45) is 0.831. The van der Waals surface area contributed by atoms with Crippen molar-refractivity contribution in [2.45, 2.75) is 18.2 Å². The Morgan fingerprint density at radius 2 is 1.80 bits per heavy atom. The maximum atomic E-state index is 12.5. The first-order chi connectivity index (χ1) is 12.0. The van der Waals surface area contributed by atoms with Gasteiger partial charge in [-0.15, -0.1) is 0 Å². The molecular formula is C17H18N2O5S. The predicted molar refractivity (Wildman–Crippen MR) is 92.4 cm³/mol. The molecule has 0 radical (unpaired) electrons. The van der Waals surface area contributed by atoms with Gasteiger partial charge in [0.15, 0.2) is 11.5 Å². The van der Waals surface area contributed by atoms with Crippen LogP contribution in [0.4, 0.5) is 5.69 Å². The molecule has 8 heteroatoms. The lowest BCUT2D eigenvalue weighted by Gasteiger charge is -2.09. The molecule has 0 aliphatic carbocycles. The summed E-state index contributed by atoms with van der Waals surface area (Å²) in [5.41, 5.74) is 0.782. The molecule has 1 heterocycles. The molecule has 0 unspecified atom stereocenters. The van der Waals surface area contributed by atoms with E-state index in [2.05, 4.69) is 10.0 Å². The van der Waals surface area contributed by atoms with Crippen LogP contribution in [0.2, 0.25) is 0 Å². The van der Waals surface area contributed by atoms with Gasteiger partial charge in [-0.05, 0) is 42.8 Å². The predicted octanol–water partition coefficient (Wildman–Crippen LogP) is 2.36. The zero-order valence-corrected chi connectivity index (χ0v) is 14.4. The minimum Gasteiger partial charge on any atom is -0.454 e. The SMILES string of the molecule is CCCNC(=O)c1ccc(S(=O)(=O)Nc2ccc3c(c2)OCO3)cc1. The normalized spacial score (nSPS) is 12.7. The van der Waals surface area contributed by atoms with Crippen LogP contribution in [0.15, 0.2) is 47.4 Å². The van der Waals surface area contributed by atoms with Gasteiger partial charge in [-0.1, -0.05) is 6.92 Å². The standard InChI is InChI=1S/C17H18N2O5S/c1-2-9-18-17(20)12-3-6-14(7-4-12)25(21,22)19-13-5-8-15-16(10-13)24-11-23-15/h3-8,10,19H,2,9,11H2,1H3,(H,18,20). The first-order valence-electron chi connectivity index (χ1n) is 7.80. The molecule has 2 aromatic carbocycles. The van der Waals surface area contributed by atoms with Crippen molar-refractivity contribution in [1.82, 2.24) is 5.32 Å². The van der Waals surface area contributed by atoms with Gasteiger partial charge < -0.3 is 14.8 Å². The summed E-state index contributed by atoms with van der Waals surface area (Å²) in [4.78, 5) is 11.9. The average Bonchev–Trinajstić information content (AvgIpc) is 3.07. The van der Waals surface area contributed by atoms with E-state index in [4.69, 9.17) is 9.47 Å². The highest BCUT2D eigenvalue weighted by atomic mass is 32.2. The summed E-state index contributed by atoms with van der Waals surface area (Å²) < 4.78 is 37.9. The molecule has 25 heavy (non-hydrogen) atoms. The van der Waals surface area contributed by atoms with E-state index in [1.165, 1.54) is 24.3 Å². The maximum absolute atomic E-state index is 12.5. The Kier molecular flexibility index (Phi) is 4.80. The number of sulfonamides is 1. The second-order valence-corrected chi connectivity index (χ2v) is 7.14. The van der Waals surface area contributed by atoms with Crippen molar-refractivity contribution >= 4 is 21.6 Å². The lowest BCUT2D eigenvalue weighted by molar-refractivity contribution is 0.0953. The van der Waals surface area contributed by atoms with E-state index in [1.807, 2.05) is 6.92 Å². The largest absolute Gasteiger partial charge is 0.454 e. The van der Waals surface area contributed by atoms with Crippen molar-refractivity contribution in [1.29, 1.82) is 0 Å². The van der Waals surface area contributed by atoms with Crippen LogP contribution in [-0.4, -0.2) is 27.7 Å². The summed E-state index contributed by atoms with van der Waals surface area (Å²) in [6, 6.07) is 10.6. The number of fused-ring (bicyclic) bond motifs is 1. The van der Waals surface area contributed by atoms with E-state index >= 15 is 0 Å². The molecule has 132 valence electrons. The van der Waals surface area contributed by atoms with Crippen molar-refractivity contribution in [3.8, 4) is 11.5 Å². The molecule has 1 aliphatic rings. The molecule has 7 nitrogen and oxygen atoms in total. The van der Waals surface area contributed by atoms with Crippen molar-refractivity contribution in [2.75, 3.05) is 18.1 Å². The highest BCUT2D eigenvalue weighted by Gasteiger charge is 2.18. The molecule has 1 aliphatic heterocycles. The molecule has 0 saturated carbocycles. The number of rotatable bonds is 6. The Morgan fingerprint density at radius 1 is 1.08 bits per heavy atom. The quantitative estimate of drug-likeness (QED) is 0.823.